The maximum absolute atomic E-state index is 11.2. The molecule has 0 bridgehead atoms. The van der Waals surface area contributed by atoms with E-state index in [0.717, 1.165) is 28.6 Å². The molecule has 0 atom stereocenters. The maximum atomic E-state index is 11.2. The molecule has 3 nitrogen and oxygen atoms in total. The van der Waals surface area contributed by atoms with Gasteiger partial charge in [0.15, 0.2) is 0 Å². The Balaban J connectivity index is 2.16. The number of rotatable bonds is 5. The van der Waals surface area contributed by atoms with Gasteiger partial charge < -0.3 is 10.6 Å². The molecule has 0 aromatic carbocycles. The van der Waals surface area contributed by atoms with E-state index >= 15 is 0 Å². The third kappa shape index (κ3) is 5.04. The second kappa shape index (κ2) is 6.69. The van der Waals surface area contributed by atoms with Crippen molar-refractivity contribution in [2.75, 3.05) is 6.54 Å². The molecule has 0 saturated carbocycles. The lowest BCUT2D eigenvalue weighted by atomic mass is 10.3. The van der Waals surface area contributed by atoms with Crippen LogP contribution in [-0.4, -0.2) is 12.6 Å². The van der Waals surface area contributed by atoms with Gasteiger partial charge in [-0.1, -0.05) is 24.9 Å². The Labute approximate surface area is 98.8 Å². The predicted molar refractivity (Wildman–Crippen MR) is 64.5 cm³/mol. The van der Waals surface area contributed by atoms with E-state index in [0.29, 0.717) is 6.54 Å². The van der Waals surface area contributed by atoms with E-state index < -0.39 is 0 Å². The highest BCUT2D eigenvalue weighted by Gasteiger charge is 2.01. The summed E-state index contributed by atoms with van der Waals surface area (Å²) < 4.78 is 0.748. The number of hydrogen-bond acceptors (Lipinski definition) is 2. The van der Waals surface area contributed by atoms with Crippen LogP contribution in [0.4, 0.5) is 4.79 Å². The molecule has 0 fully saturated rings. The Kier molecular flexibility index (Phi) is 5.50. The lowest BCUT2D eigenvalue weighted by Crippen LogP contribution is -2.35. The van der Waals surface area contributed by atoms with Crippen molar-refractivity contribution in [1.82, 2.24) is 10.6 Å². The van der Waals surface area contributed by atoms with Crippen molar-refractivity contribution in [3.05, 3.63) is 21.3 Å². The molecule has 2 amide bonds. The first-order valence-corrected chi connectivity index (χ1v) is 6.17. The number of hydrogen-bond donors (Lipinski definition) is 2. The SMILES string of the molecule is CCCCNC(=O)NCc1ccc(Cl)s1. The molecule has 5 heteroatoms. The average molecular weight is 247 g/mol. The summed E-state index contributed by atoms with van der Waals surface area (Å²) in [6.45, 7) is 3.36. The van der Waals surface area contributed by atoms with E-state index in [9.17, 15) is 4.79 Å². The van der Waals surface area contributed by atoms with Crippen LogP contribution < -0.4 is 10.6 Å². The van der Waals surface area contributed by atoms with Gasteiger partial charge in [0.2, 0.25) is 0 Å². The average Bonchev–Trinajstić information content (AvgIpc) is 2.62. The van der Waals surface area contributed by atoms with Crippen LogP contribution in [0.25, 0.3) is 0 Å². The number of amides is 2. The highest BCUT2D eigenvalue weighted by atomic mass is 35.5. The van der Waals surface area contributed by atoms with Crippen molar-refractivity contribution in [2.45, 2.75) is 26.3 Å². The molecule has 1 rings (SSSR count). The Bertz CT molecular complexity index is 314. The fourth-order valence-corrected chi connectivity index (χ4v) is 2.08. The monoisotopic (exact) mass is 246 g/mol. The van der Waals surface area contributed by atoms with E-state index in [1.807, 2.05) is 12.1 Å². The van der Waals surface area contributed by atoms with Gasteiger partial charge in [-0.3, -0.25) is 0 Å². The maximum Gasteiger partial charge on any atom is 0.315 e. The molecular formula is C10H15ClN2OS. The second-order valence-electron chi connectivity index (χ2n) is 3.17. The lowest BCUT2D eigenvalue weighted by molar-refractivity contribution is 0.240. The van der Waals surface area contributed by atoms with Crippen molar-refractivity contribution in [1.29, 1.82) is 0 Å². The first-order valence-electron chi connectivity index (χ1n) is 4.98. The van der Waals surface area contributed by atoms with Crippen molar-refractivity contribution in [3.8, 4) is 0 Å². The topological polar surface area (TPSA) is 41.1 Å². The van der Waals surface area contributed by atoms with Crippen LogP contribution in [0.1, 0.15) is 24.6 Å². The first kappa shape index (κ1) is 12.3. The van der Waals surface area contributed by atoms with Gasteiger partial charge >= 0.3 is 6.03 Å². The largest absolute Gasteiger partial charge is 0.338 e. The molecule has 0 unspecified atom stereocenters. The van der Waals surface area contributed by atoms with Gasteiger partial charge in [-0.15, -0.1) is 11.3 Å². The molecule has 84 valence electrons. The lowest BCUT2D eigenvalue weighted by Gasteiger charge is -2.05. The normalized spacial score (nSPS) is 10.0. The first-order chi connectivity index (χ1) is 7.22. The number of carbonyl (C=O) groups is 1. The molecule has 0 aliphatic rings. The standard InChI is InChI=1S/C10H15ClN2OS/c1-2-3-6-12-10(14)13-7-8-4-5-9(11)15-8/h4-5H,2-3,6-7H2,1H3,(H2,12,13,14). The van der Waals surface area contributed by atoms with E-state index in [-0.39, 0.29) is 6.03 Å². The molecule has 0 radical (unpaired) electrons. The number of unbranched alkanes of at least 4 members (excludes halogenated alkanes) is 1. The Hall–Kier alpha value is -0.740. The van der Waals surface area contributed by atoms with Crippen LogP contribution >= 0.6 is 22.9 Å². The summed E-state index contributed by atoms with van der Waals surface area (Å²) in [6.07, 6.45) is 2.10. The Morgan fingerprint density at radius 1 is 1.47 bits per heavy atom. The van der Waals surface area contributed by atoms with Crippen LogP contribution in [0.15, 0.2) is 12.1 Å². The molecule has 1 aromatic rings. The van der Waals surface area contributed by atoms with Gasteiger partial charge in [-0.05, 0) is 18.6 Å². The van der Waals surface area contributed by atoms with Gasteiger partial charge in [0, 0.05) is 11.4 Å². The number of carbonyl (C=O) groups excluding carboxylic acids is 1. The minimum absolute atomic E-state index is 0.118. The summed E-state index contributed by atoms with van der Waals surface area (Å²) in [5, 5.41) is 5.56. The third-order valence-electron chi connectivity index (χ3n) is 1.87. The zero-order valence-electron chi connectivity index (χ0n) is 8.68. The predicted octanol–water partition coefficient (Wildman–Crippen LogP) is 3.00. The minimum Gasteiger partial charge on any atom is -0.338 e. The third-order valence-corrected chi connectivity index (χ3v) is 3.10. The van der Waals surface area contributed by atoms with Gasteiger partial charge in [-0.25, -0.2) is 4.79 Å². The zero-order chi connectivity index (χ0) is 11.1. The van der Waals surface area contributed by atoms with Gasteiger partial charge in [0.25, 0.3) is 0 Å². The Morgan fingerprint density at radius 2 is 2.27 bits per heavy atom. The summed E-state index contributed by atoms with van der Waals surface area (Å²) >= 11 is 7.25. The summed E-state index contributed by atoms with van der Waals surface area (Å²) in [6, 6.07) is 3.63. The van der Waals surface area contributed by atoms with Gasteiger partial charge in [-0.2, -0.15) is 0 Å². The fourth-order valence-electron chi connectivity index (χ4n) is 1.06. The number of thiophene rings is 1. The van der Waals surface area contributed by atoms with E-state index in [1.165, 1.54) is 11.3 Å². The van der Waals surface area contributed by atoms with Crippen molar-refractivity contribution in [3.63, 3.8) is 0 Å². The van der Waals surface area contributed by atoms with Crippen LogP contribution in [0, 0.1) is 0 Å². The van der Waals surface area contributed by atoms with Crippen molar-refractivity contribution in [2.24, 2.45) is 0 Å². The van der Waals surface area contributed by atoms with E-state index in [2.05, 4.69) is 17.6 Å². The van der Waals surface area contributed by atoms with Crippen molar-refractivity contribution >= 4 is 29.0 Å². The Morgan fingerprint density at radius 3 is 2.87 bits per heavy atom. The summed E-state index contributed by atoms with van der Waals surface area (Å²) in [4.78, 5) is 12.3. The summed E-state index contributed by atoms with van der Waals surface area (Å²) in [7, 11) is 0. The van der Waals surface area contributed by atoms with Crippen LogP contribution in [0.3, 0.4) is 0 Å². The van der Waals surface area contributed by atoms with Gasteiger partial charge in [0.05, 0.1) is 10.9 Å². The van der Waals surface area contributed by atoms with Crippen LogP contribution in [-0.2, 0) is 6.54 Å². The van der Waals surface area contributed by atoms with Gasteiger partial charge in [0.1, 0.15) is 0 Å². The molecule has 1 aromatic heterocycles. The minimum atomic E-state index is -0.118. The highest BCUT2D eigenvalue weighted by Crippen LogP contribution is 2.20. The molecule has 1 heterocycles. The zero-order valence-corrected chi connectivity index (χ0v) is 10.3. The highest BCUT2D eigenvalue weighted by molar-refractivity contribution is 7.16. The smallest absolute Gasteiger partial charge is 0.315 e. The van der Waals surface area contributed by atoms with Crippen LogP contribution in [0.2, 0.25) is 4.34 Å². The second-order valence-corrected chi connectivity index (χ2v) is 4.97. The number of urea groups is 1. The summed E-state index contributed by atoms with van der Waals surface area (Å²) in [5.74, 6) is 0. The van der Waals surface area contributed by atoms with Crippen molar-refractivity contribution < 1.29 is 4.79 Å². The number of halogens is 1. The quantitative estimate of drug-likeness (QED) is 0.771. The molecule has 0 saturated heterocycles. The molecule has 2 N–H and O–H groups in total. The molecule has 0 aliphatic heterocycles. The number of nitrogens with one attached hydrogen (secondary N) is 2. The van der Waals surface area contributed by atoms with E-state index in [1.54, 1.807) is 0 Å². The molecule has 0 aliphatic carbocycles. The van der Waals surface area contributed by atoms with Crippen LogP contribution in [0.5, 0.6) is 0 Å². The summed E-state index contributed by atoms with van der Waals surface area (Å²) in [5.41, 5.74) is 0. The molecule has 15 heavy (non-hydrogen) atoms. The molecular weight excluding hydrogens is 232 g/mol. The fraction of sp³-hybridized carbons (Fsp3) is 0.500. The molecule has 0 spiro atoms. The van der Waals surface area contributed by atoms with E-state index in [4.69, 9.17) is 11.6 Å².